The number of para-hydroxylation sites is 1. The molecule has 7 heteroatoms. The highest BCUT2D eigenvalue weighted by atomic mass is 16.5. The minimum atomic E-state index is -0.792. The molecule has 4 rings (SSSR count). The molecule has 0 amide bonds. The number of carbonyl (C=O) groups is 1. The van der Waals surface area contributed by atoms with E-state index in [0.717, 1.165) is 58.5 Å². The summed E-state index contributed by atoms with van der Waals surface area (Å²) >= 11 is 0. The van der Waals surface area contributed by atoms with Crippen LogP contribution in [0.5, 0.6) is 5.88 Å². The van der Waals surface area contributed by atoms with Crippen molar-refractivity contribution >= 4 is 22.6 Å². The average molecular weight is 502 g/mol. The third-order valence-corrected chi connectivity index (χ3v) is 6.26. The highest BCUT2D eigenvalue weighted by Crippen LogP contribution is 2.30. The summed E-state index contributed by atoms with van der Waals surface area (Å²) in [6.45, 7) is 5.77. The maximum Gasteiger partial charge on any atom is 0.304 e. The van der Waals surface area contributed by atoms with Gasteiger partial charge in [-0.05, 0) is 49.2 Å². The smallest absolute Gasteiger partial charge is 0.304 e. The van der Waals surface area contributed by atoms with Gasteiger partial charge in [-0.2, -0.15) is 0 Å². The quantitative estimate of drug-likeness (QED) is 0.172. The van der Waals surface area contributed by atoms with E-state index >= 15 is 0 Å². The third-order valence-electron chi connectivity index (χ3n) is 6.26. The first-order valence-electron chi connectivity index (χ1n) is 12.9. The topological polar surface area (TPSA) is 96.6 Å². The van der Waals surface area contributed by atoms with Gasteiger partial charge in [0.2, 0.25) is 5.88 Å². The molecule has 0 aliphatic carbocycles. The molecular formula is C30H35N3O4. The van der Waals surface area contributed by atoms with Crippen LogP contribution in [0.3, 0.4) is 0 Å². The van der Waals surface area contributed by atoms with Gasteiger partial charge < -0.3 is 24.9 Å². The van der Waals surface area contributed by atoms with Crippen molar-refractivity contribution in [3.05, 3.63) is 78.0 Å². The summed E-state index contributed by atoms with van der Waals surface area (Å²) in [4.78, 5) is 15.3. The lowest BCUT2D eigenvalue weighted by molar-refractivity contribution is -0.136. The fraction of sp³-hybridized carbons (Fsp3) is 0.333. The number of nitrogens with one attached hydrogen (secondary N) is 2. The molecule has 0 unspecified atom stereocenters. The standard InChI is InChI=1S/C30H35N3O4/c1-3-4-8-25(33-24-12-10-22(11-13-24)19-31-17-16-30(34)35)20-36-29-15-14-26(21(2)32-29)28-18-23-7-5-6-9-27(23)37-28/h5-7,9-15,18,25,31,33H,3-4,8,16-17,19-20H2,1-2H3,(H,34,35)/t25-/m0/s1. The predicted molar refractivity (Wildman–Crippen MR) is 147 cm³/mol. The Morgan fingerprint density at radius 2 is 1.92 bits per heavy atom. The predicted octanol–water partition coefficient (Wildman–Crippen LogP) is 6.42. The molecule has 0 saturated carbocycles. The van der Waals surface area contributed by atoms with Gasteiger partial charge in [0.15, 0.2) is 0 Å². The number of carboxylic acid groups (broad SMARTS) is 1. The molecule has 0 aliphatic heterocycles. The van der Waals surface area contributed by atoms with Crippen LogP contribution in [-0.4, -0.2) is 35.3 Å². The van der Waals surface area contributed by atoms with Gasteiger partial charge >= 0.3 is 5.97 Å². The molecule has 2 aromatic carbocycles. The van der Waals surface area contributed by atoms with E-state index in [9.17, 15) is 4.79 Å². The molecule has 3 N–H and O–H groups in total. The molecule has 0 spiro atoms. The Morgan fingerprint density at radius 3 is 2.65 bits per heavy atom. The molecule has 37 heavy (non-hydrogen) atoms. The summed E-state index contributed by atoms with van der Waals surface area (Å²) < 4.78 is 12.1. The number of rotatable bonds is 14. The van der Waals surface area contributed by atoms with Crippen molar-refractivity contribution in [2.45, 2.75) is 52.1 Å². The zero-order valence-electron chi connectivity index (χ0n) is 21.5. The summed E-state index contributed by atoms with van der Waals surface area (Å²) in [6.07, 6.45) is 3.33. The maximum absolute atomic E-state index is 10.6. The van der Waals surface area contributed by atoms with E-state index in [1.54, 1.807) is 0 Å². The zero-order valence-corrected chi connectivity index (χ0v) is 21.5. The lowest BCUT2D eigenvalue weighted by Gasteiger charge is -2.20. The van der Waals surface area contributed by atoms with Crippen molar-refractivity contribution in [3.63, 3.8) is 0 Å². The summed E-state index contributed by atoms with van der Waals surface area (Å²) in [5.41, 5.74) is 4.83. The Bertz CT molecular complexity index is 1270. The number of fused-ring (bicyclic) bond motifs is 1. The Kier molecular flexibility index (Phi) is 9.16. The van der Waals surface area contributed by atoms with Crippen LogP contribution in [0.4, 0.5) is 5.69 Å². The number of carboxylic acids is 1. The van der Waals surface area contributed by atoms with Crippen molar-refractivity contribution in [2.75, 3.05) is 18.5 Å². The Balaban J connectivity index is 1.34. The Hall–Kier alpha value is -3.84. The van der Waals surface area contributed by atoms with Crippen LogP contribution in [0.25, 0.3) is 22.3 Å². The molecule has 4 aromatic rings. The van der Waals surface area contributed by atoms with Crippen molar-refractivity contribution in [1.29, 1.82) is 0 Å². The van der Waals surface area contributed by atoms with E-state index in [1.165, 1.54) is 0 Å². The lowest BCUT2D eigenvalue weighted by atomic mass is 10.1. The van der Waals surface area contributed by atoms with Gasteiger partial charge in [0, 0.05) is 35.8 Å². The van der Waals surface area contributed by atoms with Gasteiger partial charge in [0.05, 0.1) is 18.2 Å². The van der Waals surface area contributed by atoms with Crippen LogP contribution >= 0.6 is 0 Å². The van der Waals surface area contributed by atoms with Gasteiger partial charge in [0.25, 0.3) is 0 Å². The number of nitrogens with zero attached hydrogens (tertiary/aromatic N) is 1. The number of pyridine rings is 1. The van der Waals surface area contributed by atoms with Crippen LogP contribution in [0.2, 0.25) is 0 Å². The van der Waals surface area contributed by atoms with Crippen LogP contribution in [0.1, 0.15) is 43.9 Å². The Labute approximate surface area is 217 Å². The van der Waals surface area contributed by atoms with E-state index in [0.29, 0.717) is 25.6 Å². The SMILES string of the molecule is CCCC[C@@H](COc1ccc(-c2cc3ccccc3o2)c(C)n1)Nc1ccc(CNCCC(=O)O)cc1. The number of aromatic nitrogens is 1. The number of aliphatic carboxylic acids is 1. The molecule has 0 aliphatic rings. The first-order chi connectivity index (χ1) is 18.0. The number of unbranched alkanes of at least 4 members (excludes halogenated alkanes) is 1. The summed E-state index contributed by atoms with van der Waals surface area (Å²) in [6, 6.07) is 22.3. The van der Waals surface area contributed by atoms with Gasteiger partial charge in [-0.1, -0.05) is 50.1 Å². The number of hydrogen-bond acceptors (Lipinski definition) is 6. The largest absolute Gasteiger partial charge is 0.481 e. The van der Waals surface area contributed by atoms with Crippen molar-refractivity contribution in [2.24, 2.45) is 0 Å². The maximum atomic E-state index is 10.6. The van der Waals surface area contributed by atoms with Gasteiger partial charge in [-0.15, -0.1) is 0 Å². The highest BCUT2D eigenvalue weighted by molar-refractivity contribution is 5.83. The van der Waals surface area contributed by atoms with Crippen LogP contribution in [0.15, 0.2) is 71.1 Å². The minimum absolute atomic E-state index is 0.121. The first-order valence-corrected chi connectivity index (χ1v) is 12.9. The second-order valence-electron chi connectivity index (χ2n) is 9.24. The van der Waals surface area contributed by atoms with E-state index in [1.807, 2.05) is 49.4 Å². The second-order valence-corrected chi connectivity index (χ2v) is 9.24. The molecule has 0 fully saturated rings. The number of hydrogen-bond donors (Lipinski definition) is 3. The summed E-state index contributed by atoms with van der Waals surface area (Å²) in [5.74, 6) is 0.615. The Morgan fingerprint density at radius 1 is 1.11 bits per heavy atom. The van der Waals surface area contributed by atoms with Gasteiger partial charge in [-0.25, -0.2) is 4.98 Å². The summed E-state index contributed by atoms with van der Waals surface area (Å²) in [7, 11) is 0. The van der Waals surface area contributed by atoms with Crippen LogP contribution < -0.4 is 15.4 Å². The molecule has 2 aromatic heterocycles. The lowest BCUT2D eigenvalue weighted by Crippen LogP contribution is -2.27. The van der Waals surface area contributed by atoms with E-state index in [-0.39, 0.29) is 12.5 Å². The number of benzene rings is 2. The molecule has 0 radical (unpaired) electrons. The van der Waals surface area contributed by atoms with Crippen molar-refractivity contribution in [1.82, 2.24) is 10.3 Å². The monoisotopic (exact) mass is 501 g/mol. The van der Waals surface area contributed by atoms with Gasteiger partial charge in [-0.3, -0.25) is 4.79 Å². The number of aryl methyl sites for hydroxylation is 1. The fourth-order valence-electron chi connectivity index (χ4n) is 4.21. The highest BCUT2D eigenvalue weighted by Gasteiger charge is 2.13. The van der Waals surface area contributed by atoms with E-state index < -0.39 is 5.97 Å². The zero-order chi connectivity index (χ0) is 26.0. The molecule has 1 atom stereocenters. The molecule has 2 heterocycles. The van der Waals surface area contributed by atoms with Crippen LogP contribution in [-0.2, 0) is 11.3 Å². The molecule has 194 valence electrons. The van der Waals surface area contributed by atoms with Crippen molar-refractivity contribution < 1.29 is 19.1 Å². The van der Waals surface area contributed by atoms with E-state index in [4.69, 9.17) is 14.3 Å². The molecule has 0 saturated heterocycles. The van der Waals surface area contributed by atoms with Gasteiger partial charge in [0.1, 0.15) is 18.0 Å². The van der Waals surface area contributed by atoms with Crippen LogP contribution in [0, 0.1) is 6.92 Å². The minimum Gasteiger partial charge on any atom is -0.481 e. The number of anilines is 1. The number of furan rings is 1. The van der Waals surface area contributed by atoms with E-state index in [2.05, 4.69) is 46.8 Å². The first kappa shape index (κ1) is 26.2. The molecule has 0 bridgehead atoms. The van der Waals surface area contributed by atoms with Crippen molar-refractivity contribution in [3.8, 4) is 17.2 Å². The molecular weight excluding hydrogens is 466 g/mol. The summed E-state index contributed by atoms with van der Waals surface area (Å²) in [5, 5.41) is 16.6. The second kappa shape index (κ2) is 12.9. The molecule has 7 nitrogen and oxygen atoms in total. The fourth-order valence-corrected chi connectivity index (χ4v) is 4.21. The normalized spacial score (nSPS) is 11.9. The average Bonchev–Trinajstić information content (AvgIpc) is 3.33. The number of ether oxygens (including phenoxy) is 1. The third kappa shape index (κ3) is 7.57.